The van der Waals surface area contributed by atoms with Crippen molar-refractivity contribution in [2.24, 2.45) is 0 Å². The van der Waals surface area contributed by atoms with Crippen LogP contribution >= 0.6 is 0 Å². The number of benzene rings is 1. The topological polar surface area (TPSA) is 39.4 Å². The van der Waals surface area contributed by atoms with Gasteiger partial charge in [-0.05, 0) is 42.7 Å². The fourth-order valence-corrected chi connectivity index (χ4v) is 2.06. The SMILES string of the molecule is O=C(c1ccoc1)c1ccc2c(c1)CCCO2. The molecule has 0 amide bonds. The molecule has 3 heteroatoms. The van der Waals surface area contributed by atoms with Crippen molar-refractivity contribution in [2.45, 2.75) is 12.8 Å². The van der Waals surface area contributed by atoms with Gasteiger partial charge in [0.15, 0.2) is 5.78 Å². The Kier molecular flexibility index (Phi) is 2.44. The van der Waals surface area contributed by atoms with E-state index in [0.717, 1.165) is 30.8 Å². The summed E-state index contributed by atoms with van der Waals surface area (Å²) in [5.41, 5.74) is 2.39. The number of ketones is 1. The molecule has 1 aliphatic rings. The van der Waals surface area contributed by atoms with Gasteiger partial charge in [0.05, 0.1) is 18.4 Å². The van der Waals surface area contributed by atoms with Gasteiger partial charge >= 0.3 is 0 Å². The summed E-state index contributed by atoms with van der Waals surface area (Å²) in [4.78, 5) is 12.1. The minimum absolute atomic E-state index is 0.00729. The van der Waals surface area contributed by atoms with E-state index in [1.54, 1.807) is 12.1 Å². The Morgan fingerprint density at radius 3 is 2.94 bits per heavy atom. The van der Waals surface area contributed by atoms with Gasteiger partial charge in [0.25, 0.3) is 0 Å². The second kappa shape index (κ2) is 4.09. The number of hydrogen-bond donors (Lipinski definition) is 0. The second-order valence-electron chi connectivity index (χ2n) is 4.12. The van der Waals surface area contributed by atoms with E-state index >= 15 is 0 Å². The number of carbonyl (C=O) groups excluding carboxylic acids is 1. The summed E-state index contributed by atoms with van der Waals surface area (Å²) in [7, 11) is 0. The highest BCUT2D eigenvalue weighted by atomic mass is 16.5. The average molecular weight is 228 g/mol. The third kappa shape index (κ3) is 1.84. The molecule has 0 bridgehead atoms. The second-order valence-corrected chi connectivity index (χ2v) is 4.12. The number of fused-ring (bicyclic) bond motifs is 1. The Labute approximate surface area is 99.0 Å². The van der Waals surface area contributed by atoms with Crippen LogP contribution in [-0.4, -0.2) is 12.4 Å². The van der Waals surface area contributed by atoms with E-state index in [9.17, 15) is 4.79 Å². The molecule has 0 unspecified atom stereocenters. The van der Waals surface area contributed by atoms with Gasteiger partial charge in [0.1, 0.15) is 12.0 Å². The van der Waals surface area contributed by atoms with Crippen LogP contribution in [0.2, 0.25) is 0 Å². The van der Waals surface area contributed by atoms with Gasteiger partial charge in [0.2, 0.25) is 0 Å². The van der Waals surface area contributed by atoms with Crippen LogP contribution in [0.3, 0.4) is 0 Å². The minimum atomic E-state index is -0.00729. The Hall–Kier alpha value is -2.03. The summed E-state index contributed by atoms with van der Waals surface area (Å²) < 4.78 is 10.4. The third-order valence-electron chi connectivity index (χ3n) is 2.95. The van der Waals surface area contributed by atoms with E-state index in [0.29, 0.717) is 11.1 Å². The molecule has 3 nitrogen and oxygen atoms in total. The summed E-state index contributed by atoms with van der Waals surface area (Å²) in [5, 5.41) is 0. The van der Waals surface area contributed by atoms with E-state index in [2.05, 4.69) is 0 Å². The zero-order valence-corrected chi connectivity index (χ0v) is 9.31. The van der Waals surface area contributed by atoms with Crippen LogP contribution in [0.25, 0.3) is 0 Å². The van der Waals surface area contributed by atoms with Gasteiger partial charge in [-0.1, -0.05) is 0 Å². The van der Waals surface area contributed by atoms with Crippen molar-refractivity contribution in [1.82, 2.24) is 0 Å². The number of rotatable bonds is 2. The lowest BCUT2D eigenvalue weighted by atomic mass is 9.99. The van der Waals surface area contributed by atoms with E-state index < -0.39 is 0 Å². The molecule has 0 fully saturated rings. The van der Waals surface area contributed by atoms with Crippen molar-refractivity contribution in [3.8, 4) is 5.75 Å². The van der Waals surface area contributed by atoms with Crippen molar-refractivity contribution in [1.29, 1.82) is 0 Å². The maximum absolute atomic E-state index is 12.1. The van der Waals surface area contributed by atoms with E-state index in [1.807, 2.05) is 12.1 Å². The summed E-state index contributed by atoms with van der Waals surface area (Å²) in [6.45, 7) is 0.766. The molecule has 0 saturated heterocycles. The zero-order chi connectivity index (χ0) is 11.7. The normalized spacial score (nSPS) is 13.9. The lowest BCUT2D eigenvalue weighted by Crippen LogP contribution is -2.09. The lowest BCUT2D eigenvalue weighted by Gasteiger charge is -2.17. The summed E-state index contributed by atoms with van der Waals surface area (Å²) in [6, 6.07) is 7.28. The Balaban J connectivity index is 1.96. The highest BCUT2D eigenvalue weighted by Crippen LogP contribution is 2.26. The van der Waals surface area contributed by atoms with Crippen LogP contribution in [-0.2, 0) is 6.42 Å². The molecule has 2 heterocycles. The third-order valence-corrected chi connectivity index (χ3v) is 2.95. The smallest absolute Gasteiger partial charge is 0.196 e. The van der Waals surface area contributed by atoms with Crippen molar-refractivity contribution < 1.29 is 13.9 Å². The molecular formula is C14H12O3. The fraction of sp³-hybridized carbons (Fsp3) is 0.214. The standard InChI is InChI=1S/C14H12O3/c15-14(12-5-7-16-9-12)11-3-4-13-10(8-11)2-1-6-17-13/h3-5,7-9H,1-2,6H2. The molecule has 0 N–H and O–H groups in total. The Bertz CT molecular complexity index is 541. The van der Waals surface area contributed by atoms with Crippen molar-refractivity contribution in [3.05, 3.63) is 53.5 Å². The molecule has 0 aliphatic carbocycles. The highest BCUT2D eigenvalue weighted by Gasteiger charge is 2.15. The van der Waals surface area contributed by atoms with Gasteiger partial charge in [-0.15, -0.1) is 0 Å². The number of hydrogen-bond acceptors (Lipinski definition) is 3. The fourth-order valence-electron chi connectivity index (χ4n) is 2.06. The van der Waals surface area contributed by atoms with Crippen molar-refractivity contribution in [3.63, 3.8) is 0 Å². The Morgan fingerprint density at radius 1 is 1.18 bits per heavy atom. The van der Waals surface area contributed by atoms with Crippen molar-refractivity contribution in [2.75, 3.05) is 6.61 Å². The molecule has 0 spiro atoms. The monoisotopic (exact) mass is 228 g/mol. The van der Waals surface area contributed by atoms with E-state index in [1.165, 1.54) is 12.5 Å². The lowest BCUT2D eigenvalue weighted by molar-refractivity contribution is 0.103. The van der Waals surface area contributed by atoms with Crippen LogP contribution in [0.5, 0.6) is 5.75 Å². The first-order valence-electron chi connectivity index (χ1n) is 5.67. The predicted molar refractivity (Wildman–Crippen MR) is 62.4 cm³/mol. The van der Waals surface area contributed by atoms with Crippen LogP contribution in [0.4, 0.5) is 0 Å². The largest absolute Gasteiger partial charge is 0.493 e. The van der Waals surface area contributed by atoms with Gasteiger partial charge in [0, 0.05) is 5.56 Å². The summed E-state index contributed by atoms with van der Waals surface area (Å²) in [6.07, 6.45) is 4.96. The molecule has 1 aromatic heterocycles. The number of ether oxygens (including phenoxy) is 1. The predicted octanol–water partition coefficient (Wildman–Crippen LogP) is 2.84. The average Bonchev–Trinajstić information content (AvgIpc) is 2.91. The Morgan fingerprint density at radius 2 is 2.12 bits per heavy atom. The minimum Gasteiger partial charge on any atom is -0.493 e. The first-order valence-corrected chi connectivity index (χ1v) is 5.67. The van der Waals surface area contributed by atoms with Crippen molar-refractivity contribution >= 4 is 5.78 Å². The van der Waals surface area contributed by atoms with Crippen LogP contribution in [0, 0.1) is 0 Å². The maximum Gasteiger partial charge on any atom is 0.196 e. The maximum atomic E-state index is 12.1. The van der Waals surface area contributed by atoms with E-state index in [-0.39, 0.29) is 5.78 Å². The molecule has 3 rings (SSSR count). The van der Waals surface area contributed by atoms with E-state index in [4.69, 9.17) is 9.15 Å². The first-order chi connectivity index (χ1) is 8.34. The molecule has 17 heavy (non-hydrogen) atoms. The molecule has 1 aromatic carbocycles. The van der Waals surface area contributed by atoms with Gasteiger partial charge in [-0.25, -0.2) is 0 Å². The van der Waals surface area contributed by atoms with Gasteiger partial charge in [-0.3, -0.25) is 4.79 Å². The molecule has 86 valence electrons. The molecule has 2 aromatic rings. The quantitative estimate of drug-likeness (QED) is 0.742. The van der Waals surface area contributed by atoms with Gasteiger partial charge in [-0.2, -0.15) is 0 Å². The molecular weight excluding hydrogens is 216 g/mol. The van der Waals surface area contributed by atoms with Gasteiger partial charge < -0.3 is 9.15 Å². The molecule has 0 atom stereocenters. The van der Waals surface area contributed by atoms with Crippen LogP contribution < -0.4 is 4.74 Å². The number of furan rings is 1. The molecule has 0 saturated carbocycles. The highest BCUT2D eigenvalue weighted by molar-refractivity contribution is 6.08. The molecule has 1 aliphatic heterocycles. The first kappa shape index (κ1) is 10.1. The number of aryl methyl sites for hydroxylation is 1. The molecule has 0 radical (unpaired) electrons. The number of carbonyl (C=O) groups is 1. The van der Waals surface area contributed by atoms with Crippen LogP contribution in [0.1, 0.15) is 27.9 Å². The van der Waals surface area contributed by atoms with Crippen LogP contribution in [0.15, 0.2) is 41.2 Å². The summed E-state index contributed by atoms with van der Waals surface area (Å²) >= 11 is 0. The summed E-state index contributed by atoms with van der Waals surface area (Å²) in [5.74, 6) is 0.895. The zero-order valence-electron chi connectivity index (χ0n) is 9.31.